The van der Waals surface area contributed by atoms with Gasteiger partial charge in [-0.2, -0.15) is 4.80 Å². The van der Waals surface area contributed by atoms with E-state index >= 15 is 0 Å². The highest BCUT2D eigenvalue weighted by atomic mass is 16.2. The molecule has 1 aliphatic heterocycles. The van der Waals surface area contributed by atoms with E-state index in [1.807, 2.05) is 42.2 Å². The summed E-state index contributed by atoms with van der Waals surface area (Å²) in [5, 5.41) is 14.9. The van der Waals surface area contributed by atoms with Gasteiger partial charge in [0.2, 0.25) is 17.6 Å². The number of rotatable bonds is 6. The summed E-state index contributed by atoms with van der Waals surface area (Å²) >= 11 is 0. The molecule has 2 aromatic rings. The molecular weight excluding hydrogens is 320 g/mol. The predicted molar refractivity (Wildman–Crippen MR) is 91.3 cm³/mol. The maximum absolute atomic E-state index is 12.1. The molecule has 1 aliphatic rings. The van der Waals surface area contributed by atoms with Crippen molar-refractivity contribution in [1.82, 2.24) is 30.4 Å². The highest BCUT2D eigenvalue weighted by Crippen LogP contribution is 2.13. The summed E-state index contributed by atoms with van der Waals surface area (Å²) in [6.45, 7) is 3.14. The van der Waals surface area contributed by atoms with Crippen molar-refractivity contribution in [3.8, 4) is 11.4 Å². The fourth-order valence-corrected chi connectivity index (χ4v) is 2.86. The van der Waals surface area contributed by atoms with Crippen LogP contribution in [-0.2, 0) is 16.1 Å². The van der Waals surface area contributed by atoms with Crippen molar-refractivity contribution in [1.29, 1.82) is 0 Å². The van der Waals surface area contributed by atoms with E-state index in [4.69, 9.17) is 0 Å². The minimum absolute atomic E-state index is 0.000496. The standard InChI is InChI=1S/C17H22N6O2/c1-13(22-10-6-5-9-16(22)25)11-18-15(24)12-23-20-17(19-21-23)14-7-3-2-4-8-14/h2-4,7-8,13H,5-6,9-12H2,1H3,(H,18,24). The minimum Gasteiger partial charge on any atom is -0.352 e. The predicted octanol–water partition coefficient (Wildman–Crippen LogP) is 0.857. The summed E-state index contributed by atoms with van der Waals surface area (Å²) in [5.74, 6) is 0.451. The average molecular weight is 342 g/mol. The molecule has 8 heteroatoms. The van der Waals surface area contributed by atoms with Gasteiger partial charge in [0, 0.05) is 31.1 Å². The van der Waals surface area contributed by atoms with E-state index in [1.165, 1.54) is 4.80 Å². The lowest BCUT2D eigenvalue weighted by atomic mass is 10.1. The first-order chi connectivity index (χ1) is 12.1. The number of piperidine rings is 1. The first-order valence-electron chi connectivity index (χ1n) is 8.53. The van der Waals surface area contributed by atoms with Crippen LogP contribution in [0.3, 0.4) is 0 Å². The molecule has 0 radical (unpaired) electrons. The summed E-state index contributed by atoms with van der Waals surface area (Å²) in [5.41, 5.74) is 0.853. The Morgan fingerprint density at radius 3 is 2.84 bits per heavy atom. The largest absolute Gasteiger partial charge is 0.352 e. The van der Waals surface area contributed by atoms with Crippen LogP contribution in [0, 0.1) is 0 Å². The normalized spacial score (nSPS) is 15.9. The fraction of sp³-hybridized carbons (Fsp3) is 0.471. The lowest BCUT2D eigenvalue weighted by Crippen LogP contribution is -2.47. The Kier molecular flexibility index (Phi) is 5.37. The van der Waals surface area contributed by atoms with Gasteiger partial charge < -0.3 is 10.2 Å². The molecule has 1 unspecified atom stereocenters. The zero-order valence-electron chi connectivity index (χ0n) is 14.3. The molecule has 1 aromatic carbocycles. The number of tetrazole rings is 1. The van der Waals surface area contributed by atoms with Gasteiger partial charge in [-0.25, -0.2) is 0 Å². The third-order valence-corrected chi connectivity index (χ3v) is 4.26. The molecule has 0 saturated carbocycles. The van der Waals surface area contributed by atoms with Crippen LogP contribution < -0.4 is 5.32 Å². The smallest absolute Gasteiger partial charge is 0.243 e. The number of hydrogen-bond acceptors (Lipinski definition) is 5. The zero-order valence-corrected chi connectivity index (χ0v) is 14.3. The summed E-state index contributed by atoms with van der Waals surface area (Å²) in [4.78, 5) is 27.1. The van der Waals surface area contributed by atoms with Gasteiger partial charge in [-0.05, 0) is 25.0 Å². The maximum Gasteiger partial charge on any atom is 0.243 e. The van der Waals surface area contributed by atoms with Gasteiger partial charge in [0.25, 0.3) is 0 Å². The molecule has 132 valence electrons. The van der Waals surface area contributed by atoms with Crippen LogP contribution in [0.5, 0.6) is 0 Å². The van der Waals surface area contributed by atoms with E-state index in [9.17, 15) is 9.59 Å². The van der Waals surface area contributed by atoms with E-state index < -0.39 is 0 Å². The molecular formula is C17H22N6O2. The molecule has 1 N–H and O–H groups in total. The molecule has 2 amide bonds. The zero-order chi connectivity index (χ0) is 17.6. The molecule has 3 rings (SSSR count). The van der Waals surface area contributed by atoms with Gasteiger partial charge in [0.15, 0.2) is 0 Å². The van der Waals surface area contributed by atoms with Gasteiger partial charge in [0.1, 0.15) is 6.54 Å². The Morgan fingerprint density at radius 1 is 1.28 bits per heavy atom. The van der Waals surface area contributed by atoms with Crippen molar-refractivity contribution >= 4 is 11.8 Å². The number of nitrogens with one attached hydrogen (secondary N) is 1. The first-order valence-corrected chi connectivity index (χ1v) is 8.53. The number of carbonyl (C=O) groups excluding carboxylic acids is 2. The highest BCUT2D eigenvalue weighted by molar-refractivity contribution is 5.78. The summed E-state index contributed by atoms with van der Waals surface area (Å²) in [6.07, 6.45) is 2.58. The summed E-state index contributed by atoms with van der Waals surface area (Å²) in [7, 11) is 0. The summed E-state index contributed by atoms with van der Waals surface area (Å²) < 4.78 is 0. The lowest BCUT2D eigenvalue weighted by molar-refractivity contribution is -0.136. The number of benzene rings is 1. The van der Waals surface area contributed by atoms with Gasteiger partial charge in [0.05, 0.1) is 0 Å². The van der Waals surface area contributed by atoms with Crippen LogP contribution in [0.4, 0.5) is 0 Å². The van der Waals surface area contributed by atoms with Crippen LogP contribution in [0.2, 0.25) is 0 Å². The monoisotopic (exact) mass is 342 g/mol. The quantitative estimate of drug-likeness (QED) is 0.840. The van der Waals surface area contributed by atoms with Gasteiger partial charge in [-0.15, -0.1) is 10.2 Å². The van der Waals surface area contributed by atoms with Crippen LogP contribution >= 0.6 is 0 Å². The number of hydrogen-bond donors (Lipinski definition) is 1. The number of likely N-dealkylation sites (tertiary alicyclic amines) is 1. The minimum atomic E-state index is -0.201. The third kappa shape index (κ3) is 4.40. The average Bonchev–Trinajstić information content (AvgIpc) is 3.09. The maximum atomic E-state index is 12.1. The molecule has 1 saturated heterocycles. The van der Waals surface area contributed by atoms with Crippen molar-refractivity contribution in [2.45, 2.75) is 38.8 Å². The molecule has 1 atom stereocenters. The van der Waals surface area contributed by atoms with E-state index in [2.05, 4.69) is 20.7 Å². The van der Waals surface area contributed by atoms with E-state index in [0.29, 0.717) is 18.8 Å². The van der Waals surface area contributed by atoms with Crippen molar-refractivity contribution in [3.63, 3.8) is 0 Å². The SMILES string of the molecule is CC(CNC(=O)Cn1nnc(-c2ccccc2)n1)N1CCCCC1=O. The Balaban J connectivity index is 1.49. The van der Waals surface area contributed by atoms with E-state index in [1.54, 1.807) is 0 Å². The van der Waals surface area contributed by atoms with Crippen LogP contribution in [0.25, 0.3) is 11.4 Å². The Labute approximate surface area is 146 Å². The molecule has 0 aliphatic carbocycles. The number of nitrogens with zero attached hydrogens (tertiary/aromatic N) is 5. The fourth-order valence-electron chi connectivity index (χ4n) is 2.86. The number of amides is 2. The van der Waals surface area contributed by atoms with Crippen molar-refractivity contribution < 1.29 is 9.59 Å². The third-order valence-electron chi connectivity index (χ3n) is 4.26. The van der Waals surface area contributed by atoms with Crippen LogP contribution in [0.15, 0.2) is 30.3 Å². The summed E-state index contributed by atoms with van der Waals surface area (Å²) in [6, 6.07) is 9.46. The molecule has 8 nitrogen and oxygen atoms in total. The molecule has 1 fully saturated rings. The molecule has 1 aromatic heterocycles. The van der Waals surface area contributed by atoms with Crippen molar-refractivity contribution in [2.75, 3.05) is 13.1 Å². The second kappa shape index (κ2) is 7.87. The van der Waals surface area contributed by atoms with Crippen LogP contribution in [-0.4, -0.2) is 56.1 Å². The van der Waals surface area contributed by atoms with Gasteiger partial charge in [-0.1, -0.05) is 30.3 Å². The highest BCUT2D eigenvalue weighted by Gasteiger charge is 2.23. The Hall–Kier alpha value is -2.77. The van der Waals surface area contributed by atoms with E-state index in [-0.39, 0.29) is 24.4 Å². The second-order valence-corrected chi connectivity index (χ2v) is 6.21. The van der Waals surface area contributed by atoms with Gasteiger partial charge >= 0.3 is 0 Å². The lowest BCUT2D eigenvalue weighted by Gasteiger charge is -2.32. The van der Waals surface area contributed by atoms with Crippen molar-refractivity contribution in [3.05, 3.63) is 30.3 Å². The van der Waals surface area contributed by atoms with Crippen molar-refractivity contribution in [2.24, 2.45) is 0 Å². The molecule has 2 heterocycles. The molecule has 0 spiro atoms. The second-order valence-electron chi connectivity index (χ2n) is 6.21. The molecule has 25 heavy (non-hydrogen) atoms. The van der Waals surface area contributed by atoms with Gasteiger partial charge in [-0.3, -0.25) is 9.59 Å². The van der Waals surface area contributed by atoms with E-state index in [0.717, 1.165) is 24.9 Å². The number of aromatic nitrogens is 4. The first kappa shape index (κ1) is 17.1. The number of carbonyl (C=O) groups is 2. The van der Waals surface area contributed by atoms with Crippen LogP contribution in [0.1, 0.15) is 26.2 Å². The molecule has 0 bridgehead atoms. The topological polar surface area (TPSA) is 93.0 Å². The Bertz CT molecular complexity index is 730. The Morgan fingerprint density at radius 2 is 2.08 bits per heavy atom.